The van der Waals surface area contributed by atoms with Crippen LogP contribution in [0.15, 0.2) is 12.3 Å². The number of nitrogens with two attached hydrogens (primary N) is 1. The first-order chi connectivity index (χ1) is 6.37. The summed E-state index contributed by atoms with van der Waals surface area (Å²) in [5.41, 5.74) is 5.89. The average Bonchev–Trinajstić information content (AvgIpc) is 2.00. The highest BCUT2D eigenvalue weighted by Crippen LogP contribution is 2.35. The second-order valence-electron chi connectivity index (χ2n) is 5.63. The SMILES string of the molecule is CC1(C)CCC(CC=CN)C(C)(C)N1. The predicted molar refractivity (Wildman–Crippen MR) is 62.0 cm³/mol. The van der Waals surface area contributed by atoms with Crippen molar-refractivity contribution in [2.24, 2.45) is 11.7 Å². The van der Waals surface area contributed by atoms with Crippen molar-refractivity contribution in [3.05, 3.63) is 12.3 Å². The molecule has 1 unspecified atom stereocenters. The first-order valence-electron chi connectivity index (χ1n) is 5.53. The molecule has 0 bridgehead atoms. The van der Waals surface area contributed by atoms with Crippen LogP contribution in [-0.4, -0.2) is 11.1 Å². The Balaban J connectivity index is 2.63. The Kier molecular flexibility index (Phi) is 3.25. The van der Waals surface area contributed by atoms with Crippen molar-refractivity contribution in [1.29, 1.82) is 0 Å². The lowest BCUT2D eigenvalue weighted by molar-refractivity contribution is 0.114. The molecule has 0 aliphatic carbocycles. The van der Waals surface area contributed by atoms with Gasteiger partial charge in [-0.05, 0) is 59.1 Å². The molecule has 0 saturated carbocycles. The van der Waals surface area contributed by atoms with Gasteiger partial charge in [0.15, 0.2) is 0 Å². The molecule has 1 heterocycles. The maximum absolute atomic E-state index is 5.39. The van der Waals surface area contributed by atoms with E-state index in [0.29, 0.717) is 5.92 Å². The third-order valence-corrected chi connectivity index (χ3v) is 3.36. The fourth-order valence-corrected chi connectivity index (χ4v) is 2.59. The zero-order chi connectivity index (χ0) is 10.8. The maximum Gasteiger partial charge on any atom is 0.0161 e. The van der Waals surface area contributed by atoms with Gasteiger partial charge in [0, 0.05) is 11.1 Å². The van der Waals surface area contributed by atoms with E-state index < -0.39 is 0 Å². The van der Waals surface area contributed by atoms with Crippen molar-refractivity contribution in [1.82, 2.24) is 5.32 Å². The van der Waals surface area contributed by atoms with Gasteiger partial charge in [-0.25, -0.2) is 0 Å². The number of nitrogens with one attached hydrogen (secondary N) is 1. The van der Waals surface area contributed by atoms with Gasteiger partial charge in [-0.1, -0.05) is 6.08 Å². The topological polar surface area (TPSA) is 38.0 Å². The van der Waals surface area contributed by atoms with Crippen LogP contribution in [0.25, 0.3) is 0 Å². The van der Waals surface area contributed by atoms with Gasteiger partial charge in [-0.15, -0.1) is 0 Å². The van der Waals surface area contributed by atoms with Gasteiger partial charge in [0.25, 0.3) is 0 Å². The number of rotatable bonds is 2. The van der Waals surface area contributed by atoms with Gasteiger partial charge in [0.1, 0.15) is 0 Å². The van der Waals surface area contributed by atoms with E-state index in [4.69, 9.17) is 5.73 Å². The molecular weight excluding hydrogens is 172 g/mol. The van der Waals surface area contributed by atoms with Crippen molar-refractivity contribution in [2.75, 3.05) is 0 Å². The summed E-state index contributed by atoms with van der Waals surface area (Å²) in [6.07, 6.45) is 7.37. The monoisotopic (exact) mass is 196 g/mol. The normalized spacial score (nSPS) is 30.7. The summed E-state index contributed by atoms with van der Waals surface area (Å²) in [4.78, 5) is 0. The van der Waals surface area contributed by atoms with E-state index in [1.54, 1.807) is 6.20 Å². The van der Waals surface area contributed by atoms with Crippen LogP contribution < -0.4 is 11.1 Å². The quantitative estimate of drug-likeness (QED) is 0.711. The first kappa shape index (κ1) is 11.6. The Bertz CT molecular complexity index is 216. The Morgan fingerprint density at radius 2 is 2.00 bits per heavy atom. The van der Waals surface area contributed by atoms with Crippen molar-refractivity contribution < 1.29 is 0 Å². The standard InChI is InChI=1S/C12H24N2/c1-11(2)8-7-10(6-5-9-13)12(3,4)14-11/h5,9-10,14H,6-8,13H2,1-4H3. The molecule has 0 aromatic rings. The van der Waals surface area contributed by atoms with Crippen LogP contribution in [0.2, 0.25) is 0 Å². The van der Waals surface area contributed by atoms with Crippen LogP contribution in [0.1, 0.15) is 47.0 Å². The lowest BCUT2D eigenvalue weighted by Crippen LogP contribution is -2.59. The van der Waals surface area contributed by atoms with Gasteiger partial charge in [0.2, 0.25) is 0 Å². The van der Waals surface area contributed by atoms with E-state index in [1.165, 1.54) is 12.8 Å². The summed E-state index contributed by atoms with van der Waals surface area (Å²) in [6, 6.07) is 0. The van der Waals surface area contributed by atoms with Crippen LogP contribution >= 0.6 is 0 Å². The highest BCUT2D eigenvalue weighted by atomic mass is 15.1. The third kappa shape index (κ3) is 2.74. The minimum atomic E-state index is 0.223. The fraction of sp³-hybridized carbons (Fsp3) is 0.833. The zero-order valence-corrected chi connectivity index (χ0v) is 9.93. The summed E-state index contributed by atoms with van der Waals surface area (Å²) >= 11 is 0. The number of piperidine rings is 1. The van der Waals surface area contributed by atoms with Crippen LogP contribution in [0.4, 0.5) is 0 Å². The van der Waals surface area contributed by atoms with Crippen molar-refractivity contribution >= 4 is 0 Å². The summed E-state index contributed by atoms with van der Waals surface area (Å²) in [5.74, 6) is 0.704. The lowest BCUT2D eigenvalue weighted by Gasteiger charge is -2.48. The van der Waals surface area contributed by atoms with E-state index in [1.807, 2.05) is 0 Å². The number of hydrogen-bond acceptors (Lipinski definition) is 2. The molecule has 1 saturated heterocycles. The molecule has 1 aliphatic rings. The van der Waals surface area contributed by atoms with Crippen LogP contribution in [0.3, 0.4) is 0 Å². The maximum atomic E-state index is 5.39. The first-order valence-corrected chi connectivity index (χ1v) is 5.53. The number of hydrogen-bond donors (Lipinski definition) is 2. The summed E-state index contributed by atoms with van der Waals surface area (Å²) < 4.78 is 0. The molecule has 1 fully saturated rings. The minimum Gasteiger partial charge on any atom is -0.405 e. The van der Waals surface area contributed by atoms with Crippen LogP contribution in [-0.2, 0) is 0 Å². The molecule has 2 heteroatoms. The summed E-state index contributed by atoms with van der Waals surface area (Å²) in [5, 5.41) is 3.72. The van der Waals surface area contributed by atoms with Gasteiger partial charge >= 0.3 is 0 Å². The van der Waals surface area contributed by atoms with Crippen LogP contribution in [0.5, 0.6) is 0 Å². The molecule has 0 spiro atoms. The Labute approximate surface area is 87.9 Å². The molecule has 0 radical (unpaired) electrons. The van der Waals surface area contributed by atoms with E-state index in [-0.39, 0.29) is 11.1 Å². The van der Waals surface area contributed by atoms with E-state index in [2.05, 4.69) is 39.1 Å². The van der Waals surface area contributed by atoms with Gasteiger partial charge in [-0.3, -0.25) is 0 Å². The van der Waals surface area contributed by atoms with Gasteiger partial charge in [0.05, 0.1) is 0 Å². The highest BCUT2D eigenvalue weighted by molar-refractivity contribution is 5.00. The second kappa shape index (κ2) is 3.93. The molecule has 0 aromatic carbocycles. The molecule has 0 amide bonds. The summed E-state index contributed by atoms with van der Waals surface area (Å²) in [7, 11) is 0. The van der Waals surface area contributed by atoms with Crippen molar-refractivity contribution in [3.63, 3.8) is 0 Å². The van der Waals surface area contributed by atoms with E-state index in [9.17, 15) is 0 Å². The third-order valence-electron chi connectivity index (χ3n) is 3.36. The Morgan fingerprint density at radius 3 is 2.50 bits per heavy atom. The highest BCUT2D eigenvalue weighted by Gasteiger charge is 2.38. The largest absolute Gasteiger partial charge is 0.405 e. The number of allylic oxidation sites excluding steroid dienone is 1. The second-order valence-corrected chi connectivity index (χ2v) is 5.63. The lowest BCUT2D eigenvalue weighted by atomic mass is 9.73. The smallest absolute Gasteiger partial charge is 0.0161 e. The predicted octanol–water partition coefficient (Wildman–Crippen LogP) is 2.41. The Morgan fingerprint density at radius 1 is 1.36 bits per heavy atom. The zero-order valence-electron chi connectivity index (χ0n) is 9.93. The average molecular weight is 196 g/mol. The van der Waals surface area contributed by atoms with Gasteiger partial charge in [-0.2, -0.15) is 0 Å². The minimum absolute atomic E-state index is 0.223. The molecule has 1 atom stereocenters. The van der Waals surface area contributed by atoms with Crippen LogP contribution in [0, 0.1) is 5.92 Å². The molecule has 1 aliphatic heterocycles. The van der Waals surface area contributed by atoms with Gasteiger partial charge < -0.3 is 11.1 Å². The Hall–Kier alpha value is -0.500. The molecule has 2 nitrogen and oxygen atoms in total. The molecular formula is C12H24N2. The molecule has 14 heavy (non-hydrogen) atoms. The van der Waals surface area contributed by atoms with Crippen molar-refractivity contribution in [2.45, 2.75) is 58.0 Å². The van der Waals surface area contributed by atoms with E-state index >= 15 is 0 Å². The molecule has 1 rings (SSSR count). The van der Waals surface area contributed by atoms with E-state index in [0.717, 1.165) is 6.42 Å². The van der Waals surface area contributed by atoms with Crippen molar-refractivity contribution in [3.8, 4) is 0 Å². The fourth-order valence-electron chi connectivity index (χ4n) is 2.59. The molecule has 0 aromatic heterocycles. The molecule has 82 valence electrons. The summed E-state index contributed by atoms with van der Waals surface area (Å²) in [6.45, 7) is 9.15. The molecule has 3 N–H and O–H groups in total.